The van der Waals surface area contributed by atoms with Crippen molar-refractivity contribution in [1.82, 2.24) is 20.3 Å². The molecule has 0 bridgehead atoms. The van der Waals surface area contributed by atoms with Crippen molar-refractivity contribution in [3.63, 3.8) is 0 Å². The minimum absolute atomic E-state index is 0.0487. The van der Waals surface area contributed by atoms with E-state index in [2.05, 4.69) is 32.4 Å². The Bertz CT molecular complexity index is 1220. The van der Waals surface area contributed by atoms with Crippen molar-refractivity contribution in [2.45, 2.75) is 13.0 Å². The second kappa shape index (κ2) is 9.02. The quantitative estimate of drug-likeness (QED) is 0.477. The van der Waals surface area contributed by atoms with E-state index < -0.39 is 11.5 Å². The molecule has 6 nitrogen and oxygen atoms in total. The Hall–Kier alpha value is -3.29. The first-order chi connectivity index (χ1) is 14.6. The van der Waals surface area contributed by atoms with Crippen LogP contribution in [0.25, 0.3) is 11.4 Å². The smallest absolute Gasteiger partial charge is 0.264 e. The van der Waals surface area contributed by atoms with Gasteiger partial charge in [0.15, 0.2) is 0 Å². The second-order valence-corrected chi connectivity index (χ2v) is 7.94. The van der Waals surface area contributed by atoms with Crippen molar-refractivity contribution in [2.24, 2.45) is 0 Å². The number of nitrogens with zero attached hydrogens (tertiary/aromatic N) is 2. The van der Waals surface area contributed by atoms with Gasteiger partial charge in [-0.15, -0.1) is 11.3 Å². The lowest BCUT2D eigenvalue weighted by Crippen LogP contribution is -2.29. The van der Waals surface area contributed by atoms with Crippen LogP contribution in [0.3, 0.4) is 0 Å². The van der Waals surface area contributed by atoms with Crippen LogP contribution in [0.15, 0.2) is 71.0 Å². The van der Waals surface area contributed by atoms with Crippen molar-refractivity contribution in [3.05, 3.63) is 103 Å². The van der Waals surface area contributed by atoms with Gasteiger partial charge >= 0.3 is 0 Å². The van der Waals surface area contributed by atoms with Gasteiger partial charge in [0.05, 0.1) is 17.2 Å². The third kappa shape index (κ3) is 4.82. The fourth-order valence-corrected chi connectivity index (χ4v) is 3.81. The minimum Gasteiger partial charge on any atom is -0.346 e. The van der Waals surface area contributed by atoms with E-state index in [0.717, 1.165) is 17.1 Å². The SMILES string of the molecule is O=C(NCc1csc(Cc2ccccc2)n1)c1cnc(-c2ccc(Cl)cc2)[nH]c1=O. The highest BCUT2D eigenvalue weighted by Crippen LogP contribution is 2.17. The number of carbonyl (C=O) groups is 1. The number of halogens is 1. The lowest BCUT2D eigenvalue weighted by atomic mass is 10.2. The Morgan fingerprint density at radius 3 is 2.60 bits per heavy atom. The topological polar surface area (TPSA) is 87.7 Å². The van der Waals surface area contributed by atoms with Crippen molar-refractivity contribution in [3.8, 4) is 11.4 Å². The average molecular weight is 437 g/mol. The maximum atomic E-state index is 12.4. The van der Waals surface area contributed by atoms with Gasteiger partial charge < -0.3 is 10.3 Å². The molecular formula is C22H17ClN4O2S. The van der Waals surface area contributed by atoms with Crippen molar-refractivity contribution >= 4 is 28.8 Å². The Labute approximate surface area is 181 Å². The van der Waals surface area contributed by atoms with Gasteiger partial charge in [0.25, 0.3) is 11.5 Å². The van der Waals surface area contributed by atoms with E-state index in [1.165, 1.54) is 11.8 Å². The third-order valence-electron chi connectivity index (χ3n) is 4.39. The lowest BCUT2D eigenvalue weighted by molar-refractivity contribution is 0.0948. The zero-order valence-electron chi connectivity index (χ0n) is 15.8. The molecule has 0 aliphatic rings. The second-order valence-electron chi connectivity index (χ2n) is 6.56. The maximum Gasteiger partial charge on any atom is 0.264 e. The highest BCUT2D eigenvalue weighted by atomic mass is 35.5. The number of rotatable bonds is 6. The molecule has 8 heteroatoms. The lowest BCUT2D eigenvalue weighted by Gasteiger charge is -2.05. The summed E-state index contributed by atoms with van der Waals surface area (Å²) in [5.41, 5.74) is 2.09. The molecule has 2 aromatic carbocycles. The molecular weight excluding hydrogens is 420 g/mol. The molecule has 0 radical (unpaired) electrons. The molecule has 0 atom stereocenters. The predicted octanol–water partition coefficient (Wildman–Crippen LogP) is 4.07. The third-order valence-corrected chi connectivity index (χ3v) is 5.54. The van der Waals surface area contributed by atoms with Crippen LogP contribution < -0.4 is 10.9 Å². The average Bonchev–Trinajstić information content (AvgIpc) is 3.20. The number of aromatic amines is 1. The summed E-state index contributed by atoms with van der Waals surface area (Å²) in [6, 6.07) is 17.0. The molecule has 0 spiro atoms. The number of hydrogen-bond acceptors (Lipinski definition) is 5. The number of amides is 1. The van der Waals surface area contributed by atoms with Crippen LogP contribution >= 0.6 is 22.9 Å². The summed E-state index contributed by atoms with van der Waals surface area (Å²) in [5, 5.41) is 6.19. The molecule has 2 heterocycles. The minimum atomic E-state index is -0.504. The largest absolute Gasteiger partial charge is 0.346 e. The Kier molecular flexibility index (Phi) is 6.02. The van der Waals surface area contributed by atoms with E-state index in [1.807, 2.05) is 23.6 Å². The Morgan fingerprint density at radius 1 is 1.10 bits per heavy atom. The zero-order valence-corrected chi connectivity index (χ0v) is 17.3. The molecule has 0 aliphatic heterocycles. The maximum absolute atomic E-state index is 12.4. The molecule has 0 unspecified atom stereocenters. The standard InChI is InChI=1S/C22H17ClN4O2S/c23-16-8-6-15(7-9-16)20-24-12-18(22(29)27-20)21(28)25-11-17-13-30-19(26-17)10-14-4-2-1-3-5-14/h1-9,12-13H,10-11H2,(H,25,28)(H,24,27,29). The number of H-pyrrole nitrogens is 1. The van der Waals surface area contributed by atoms with E-state index >= 15 is 0 Å². The molecule has 4 aromatic rings. The summed E-state index contributed by atoms with van der Waals surface area (Å²) in [7, 11) is 0. The number of carbonyl (C=O) groups excluding carboxylic acids is 1. The van der Waals surface area contributed by atoms with Crippen LogP contribution in [0.2, 0.25) is 5.02 Å². The normalized spacial score (nSPS) is 10.7. The van der Waals surface area contributed by atoms with Gasteiger partial charge in [-0.3, -0.25) is 9.59 Å². The van der Waals surface area contributed by atoms with Gasteiger partial charge in [-0.2, -0.15) is 0 Å². The number of benzene rings is 2. The number of nitrogens with one attached hydrogen (secondary N) is 2. The van der Waals surface area contributed by atoms with Crippen molar-refractivity contribution in [2.75, 3.05) is 0 Å². The Balaban J connectivity index is 1.39. The predicted molar refractivity (Wildman–Crippen MR) is 118 cm³/mol. The molecule has 150 valence electrons. The van der Waals surface area contributed by atoms with Crippen molar-refractivity contribution < 1.29 is 4.79 Å². The fraction of sp³-hybridized carbons (Fsp3) is 0.0909. The van der Waals surface area contributed by atoms with E-state index in [9.17, 15) is 9.59 Å². The summed E-state index contributed by atoms with van der Waals surface area (Å²) >= 11 is 7.42. The van der Waals surface area contributed by atoms with Crippen LogP contribution in [-0.2, 0) is 13.0 Å². The summed E-state index contributed by atoms with van der Waals surface area (Å²) < 4.78 is 0. The number of aromatic nitrogens is 3. The van der Waals surface area contributed by atoms with Crippen LogP contribution in [0, 0.1) is 0 Å². The van der Waals surface area contributed by atoms with Crippen LogP contribution in [-0.4, -0.2) is 20.9 Å². The molecule has 1 amide bonds. The summed E-state index contributed by atoms with van der Waals surface area (Å²) in [5.74, 6) is -0.123. The van der Waals surface area contributed by atoms with E-state index in [0.29, 0.717) is 16.4 Å². The first-order valence-electron chi connectivity index (χ1n) is 9.19. The summed E-state index contributed by atoms with van der Waals surface area (Å²) in [6.45, 7) is 0.239. The van der Waals surface area contributed by atoms with Crippen LogP contribution in [0.5, 0.6) is 0 Å². The first-order valence-corrected chi connectivity index (χ1v) is 10.4. The van der Waals surface area contributed by atoms with E-state index in [4.69, 9.17) is 11.6 Å². The molecule has 2 N–H and O–H groups in total. The van der Waals surface area contributed by atoms with Gasteiger partial charge in [-0.1, -0.05) is 41.9 Å². The highest BCUT2D eigenvalue weighted by molar-refractivity contribution is 7.09. The van der Waals surface area contributed by atoms with Gasteiger partial charge in [0.2, 0.25) is 0 Å². The zero-order chi connectivity index (χ0) is 20.9. The molecule has 0 fully saturated rings. The van der Waals surface area contributed by atoms with E-state index in [-0.39, 0.29) is 12.1 Å². The molecule has 30 heavy (non-hydrogen) atoms. The van der Waals surface area contributed by atoms with E-state index in [1.54, 1.807) is 35.6 Å². The monoisotopic (exact) mass is 436 g/mol. The summed E-state index contributed by atoms with van der Waals surface area (Å²) in [4.78, 5) is 36.1. The van der Waals surface area contributed by atoms with Gasteiger partial charge in [0.1, 0.15) is 11.4 Å². The molecule has 0 saturated carbocycles. The van der Waals surface area contributed by atoms with Crippen molar-refractivity contribution in [1.29, 1.82) is 0 Å². The molecule has 0 saturated heterocycles. The highest BCUT2D eigenvalue weighted by Gasteiger charge is 2.13. The fourth-order valence-electron chi connectivity index (χ4n) is 2.86. The molecule has 0 aliphatic carbocycles. The molecule has 4 rings (SSSR count). The van der Waals surface area contributed by atoms with Gasteiger partial charge in [-0.05, 0) is 29.8 Å². The van der Waals surface area contributed by atoms with Gasteiger partial charge in [0, 0.05) is 28.6 Å². The Morgan fingerprint density at radius 2 is 1.87 bits per heavy atom. The molecule has 2 aromatic heterocycles. The summed E-state index contributed by atoms with van der Waals surface area (Å²) in [6.07, 6.45) is 2.02. The van der Waals surface area contributed by atoms with Crippen LogP contribution in [0.4, 0.5) is 0 Å². The van der Waals surface area contributed by atoms with Crippen LogP contribution in [0.1, 0.15) is 26.6 Å². The number of hydrogen-bond donors (Lipinski definition) is 2. The number of thiazole rings is 1. The van der Waals surface area contributed by atoms with Gasteiger partial charge in [-0.25, -0.2) is 9.97 Å². The first kappa shape index (κ1) is 20.0.